The van der Waals surface area contributed by atoms with Crippen molar-refractivity contribution in [3.8, 4) is 0 Å². The van der Waals surface area contributed by atoms with Crippen LogP contribution in [-0.4, -0.2) is 17.6 Å². The van der Waals surface area contributed by atoms with E-state index >= 15 is 0 Å². The molecule has 88 valence electrons. The second-order valence-corrected chi connectivity index (χ2v) is 3.97. The third-order valence-electron chi connectivity index (χ3n) is 2.33. The second kappa shape index (κ2) is 5.82. The molecule has 1 aromatic carbocycles. The van der Waals surface area contributed by atoms with Gasteiger partial charge in [-0.3, -0.25) is 4.79 Å². The minimum absolute atomic E-state index is 0.00869. The molecule has 0 amide bonds. The quantitative estimate of drug-likeness (QED) is 0.835. The number of halogens is 2. The average Bonchev–Trinajstić information content (AvgIpc) is 2.22. The molecule has 0 bridgehead atoms. The molecule has 0 spiro atoms. The lowest BCUT2D eigenvalue weighted by Gasteiger charge is -2.11. The molecule has 0 aliphatic heterocycles. The predicted octanol–water partition coefficient (Wildman–Crippen LogP) is 2.07. The zero-order valence-electron chi connectivity index (χ0n) is 8.62. The van der Waals surface area contributed by atoms with E-state index in [1.807, 2.05) is 0 Å². The maximum atomic E-state index is 12.9. The van der Waals surface area contributed by atoms with Gasteiger partial charge < -0.3 is 10.8 Å². The summed E-state index contributed by atoms with van der Waals surface area (Å²) in [7, 11) is 0. The molecule has 16 heavy (non-hydrogen) atoms. The van der Waals surface area contributed by atoms with Crippen molar-refractivity contribution in [3.63, 3.8) is 0 Å². The molecular weight excluding hydrogens is 233 g/mol. The maximum absolute atomic E-state index is 12.9. The Labute approximate surface area is 98.0 Å². The number of rotatable bonds is 5. The number of hydrogen-bond acceptors (Lipinski definition) is 2. The van der Waals surface area contributed by atoms with Crippen LogP contribution in [-0.2, 0) is 11.2 Å². The van der Waals surface area contributed by atoms with Gasteiger partial charge in [0.25, 0.3) is 0 Å². The zero-order valence-corrected chi connectivity index (χ0v) is 9.38. The highest BCUT2D eigenvalue weighted by Gasteiger charge is 2.17. The van der Waals surface area contributed by atoms with Crippen molar-refractivity contribution in [2.45, 2.75) is 12.8 Å². The van der Waals surface area contributed by atoms with Gasteiger partial charge in [-0.25, -0.2) is 4.39 Å². The van der Waals surface area contributed by atoms with Crippen LogP contribution in [0.3, 0.4) is 0 Å². The van der Waals surface area contributed by atoms with Gasteiger partial charge in [-0.15, -0.1) is 0 Å². The number of aliphatic carboxylic acids is 1. The Hall–Kier alpha value is -1.13. The number of carboxylic acids is 1. The van der Waals surface area contributed by atoms with Gasteiger partial charge in [0, 0.05) is 0 Å². The van der Waals surface area contributed by atoms with Crippen LogP contribution in [0.4, 0.5) is 4.39 Å². The number of benzene rings is 1. The lowest BCUT2D eigenvalue weighted by Crippen LogP contribution is -2.20. The van der Waals surface area contributed by atoms with Gasteiger partial charge in [-0.2, -0.15) is 0 Å². The Bertz CT molecular complexity index is 384. The highest BCUT2D eigenvalue weighted by Crippen LogP contribution is 2.19. The van der Waals surface area contributed by atoms with Crippen LogP contribution in [0.2, 0.25) is 5.02 Å². The molecule has 0 heterocycles. The molecule has 3 N–H and O–H groups in total. The van der Waals surface area contributed by atoms with Crippen molar-refractivity contribution in [1.29, 1.82) is 0 Å². The SMILES string of the molecule is NCCC(Cc1ccc(F)c(Cl)c1)C(=O)O. The zero-order chi connectivity index (χ0) is 12.1. The summed E-state index contributed by atoms with van der Waals surface area (Å²) in [5.41, 5.74) is 6.03. The van der Waals surface area contributed by atoms with Gasteiger partial charge in [0.05, 0.1) is 10.9 Å². The molecule has 1 atom stereocenters. The van der Waals surface area contributed by atoms with Crippen molar-refractivity contribution in [2.24, 2.45) is 11.7 Å². The van der Waals surface area contributed by atoms with Crippen molar-refractivity contribution < 1.29 is 14.3 Å². The molecule has 0 aliphatic carbocycles. The summed E-state index contributed by atoms with van der Waals surface area (Å²) in [5, 5.41) is 8.94. The Balaban J connectivity index is 2.77. The Kier molecular flexibility index (Phi) is 4.71. The normalized spacial score (nSPS) is 12.4. The fourth-order valence-electron chi connectivity index (χ4n) is 1.47. The summed E-state index contributed by atoms with van der Waals surface area (Å²) in [6.07, 6.45) is 0.705. The second-order valence-electron chi connectivity index (χ2n) is 3.57. The van der Waals surface area contributed by atoms with Gasteiger partial charge in [0.1, 0.15) is 5.82 Å². The summed E-state index contributed by atoms with van der Waals surface area (Å²) < 4.78 is 12.9. The maximum Gasteiger partial charge on any atom is 0.306 e. The minimum Gasteiger partial charge on any atom is -0.481 e. The standard InChI is InChI=1S/C11H13ClFNO2/c12-9-6-7(1-2-10(9)13)5-8(3-4-14)11(15)16/h1-2,6,8H,3-5,14H2,(H,15,16). The molecule has 0 saturated heterocycles. The Morgan fingerprint density at radius 1 is 1.56 bits per heavy atom. The third-order valence-corrected chi connectivity index (χ3v) is 2.62. The van der Waals surface area contributed by atoms with Crippen molar-refractivity contribution in [3.05, 3.63) is 34.6 Å². The Morgan fingerprint density at radius 3 is 2.75 bits per heavy atom. The van der Waals surface area contributed by atoms with E-state index in [1.54, 1.807) is 0 Å². The molecule has 1 unspecified atom stereocenters. The topological polar surface area (TPSA) is 63.3 Å². The van der Waals surface area contributed by atoms with Crippen LogP contribution >= 0.6 is 11.6 Å². The monoisotopic (exact) mass is 245 g/mol. The minimum atomic E-state index is -0.897. The fourth-order valence-corrected chi connectivity index (χ4v) is 1.67. The smallest absolute Gasteiger partial charge is 0.306 e. The van der Waals surface area contributed by atoms with E-state index in [9.17, 15) is 9.18 Å². The molecule has 0 aromatic heterocycles. The fraction of sp³-hybridized carbons (Fsp3) is 0.364. The number of nitrogens with two attached hydrogens (primary N) is 1. The van der Waals surface area contributed by atoms with Gasteiger partial charge in [0.2, 0.25) is 0 Å². The van der Waals surface area contributed by atoms with Crippen LogP contribution < -0.4 is 5.73 Å². The van der Waals surface area contributed by atoms with Gasteiger partial charge in [-0.05, 0) is 37.1 Å². The first-order valence-corrected chi connectivity index (χ1v) is 5.29. The number of carboxylic acid groups (broad SMARTS) is 1. The van der Waals surface area contributed by atoms with Crippen LogP contribution in [0.15, 0.2) is 18.2 Å². The van der Waals surface area contributed by atoms with E-state index in [-0.39, 0.29) is 5.02 Å². The summed E-state index contributed by atoms with van der Waals surface area (Å²) in [6, 6.07) is 4.22. The number of hydrogen-bond donors (Lipinski definition) is 2. The Morgan fingerprint density at radius 2 is 2.25 bits per heavy atom. The van der Waals surface area contributed by atoms with Crippen molar-refractivity contribution in [2.75, 3.05) is 6.54 Å². The van der Waals surface area contributed by atoms with E-state index in [1.165, 1.54) is 18.2 Å². The first-order valence-electron chi connectivity index (χ1n) is 4.91. The highest BCUT2D eigenvalue weighted by molar-refractivity contribution is 6.30. The summed E-state index contributed by atoms with van der Waals surface area (Å²) >= 11 is 5.61. The van der Waals surface area contributed by atoms with Crippen LogP contribution in [0, 0.1) is 11.7 Å². The van der Waals surface area contributed by atoms with E-state index < -0.39 is 17.7 Å². The van der Waals surface area contributed by atoms with E-state index in [0.29, 0.717) is 24.9 Å². The molecule has 1 aromatic rings. The molecule has 1 rings (SSSR count). The van der Waals surface area contributed by atoms with E-state index in [4.69, 9.17) is 22.4 Å². The molecular formula is C11H13ClFNO2. The van der Waals surface area contributed by atoms with Crippen molar-refractivity contribution >= 4 is 17.6 Å². The van der Waals surface area contributed by atoms with Crippen LogP contribution in [0.1, 0.15) is 12.0 Å². The van der Waals surface area contributed by atoms with Gasteiger partial charge in [-0.1, -0.05) is 17.7 Å². The first kappa shape index (κ1) is 12.9. The summed E-state index contributed by atoms with van der Waals surface area (Å²) in [5.74, 6) is -1.95. The van der Waals surface area contributed by atoms with E-state index in [2.05, 4.69) is 0 Å². The number of carbonyl (C=O) groups is 1. The largest absolute Gasteiger partial charge is 0.481 e. The van der Waals surface area contributed by atoms with Crippen molar-refractivity contribution in [1.82, 2.24) is 0 Å². The lowest BCUT2D eigenvalue weighted by atomic mass is 9.96. The molecule has 0 radical (unpaired) electrons. The first-order chi connectivity index (χ1) is 7.54. The molecule has 3 nitrogen and oxygen atoms in total. The molecule has 0 fully saturated rings. The summed E-state index contributed by atoms with van der Waals surface area (Å²) in [4.78, 5) is 10.9. The molecule has 0 saturated carbocycles. The summed E-state index contributed by atoms with van der Waals surface area (Å²) in [6.45, 7) is 0.311. The highest BCUT2D eigenvalue weighted by atomic mass is 35.5. The lowest BCUT2D eigenvalue weighted by molar-refractivity contribution is -0.141. The van der Waals surface area contributed by atoms with Crippen LogP contribution in [0.5, 0.6) is 0 Å². The molecule has 0 aliphatic rings. The van der Waals surface area contributed by atoms with Gasteiger partial charge in [0.15, 0.2) is 0 Å². The van der Waals surface area contributed by atoms with E-state index in [0.717, 1.165) is 0 Å². The average molecular weight is 246 g/mol. The predicted molar refractivity (Wildman–Crippen MR) is 59.9 cm³/mol. The third kappa shape index (κ3) is 3.47. The van der Waals surface area contributed by atoms with Gasteiger partial charge >= 0.3 is 5.97 Å². The van der Waals surface area contributed by atoms with Crippen LogP contribution in [0.25, 0.3) is 0 Å². The molecule has 5 heteroatoms.